The standard InChI is InChI=1S/C15H14ClN3O2S/c16-13-9-18-15-12(13)2-1-3-14(15)19-22(20,21)11-6-4-10(8-17)5-7-11/h1-7,9,18-19H,8,17H2. The fourth-order valence-corrected chi connectivity index (χ4v) is 3.50. The van der Waals surface area contributed by atoms with E-state index >= 15 is 0 Å². The zero-order chi connectivity index (χ0) is 15.7. The molecule has 0 bridgehead atoms. The van der Waals surface area contributed by atoms with Gasteiger partial charge in [0.25, 0.3) is 10.0 Å². The predicted molar refractivity (Wildman–Crippen MR) is 88.5 cm³/mol. The summed E-state index contributed by atoms with van der Waals surface area (Å²) in [7, 11) is -3.67. The van der Waals surface area contributed by atoms with E-state index in [9.17, 15) is 8.42 Å². The Morgan fingerprint density at radius 1 is 1.14 bits per heavy atom. The number of sulfonamides is 1. The maximum absolute atomic E-state index is 12.5. The van der Waals surface area contributed by atoms with Gasteiger partial charge >= 0.3 is 0 Å². The van der Waals surface area contributed by atoms with E-state index in [1.165, 1.54) is 12.1 Å². The lowest BCUT2D eigenvalue weighted by Crippen LogP contribution is -2.13. The summed E-state index contributed by atoms with van der Waals surface area (Å²) in [5.41, 5.74) is 7.49. The number of hydrogen-bond acceptors (Lipinski definition) is 3. The fourth-order valence-electron chi connectivity index (χ4n) is 2.21. The largest absolute Gasteiger partial charge is 0.358 e. The van der Waals surface area contributed by atoms with E-state index in [-0.39, 0.29) is 4.90 Å². The van der Waals surface area contributed by atoms with Crippen molar-refractivity contribution in [2.75, 3.05) is 4.72 Å². The number of H-pyrrole nitrogens is 1. The normalized spacial score (nSPS) is 11.7. The Hall–Kier alpha value is -2.02. The number of hydrogen-bond donors (Lipinski definition) is 3. The van der Waals surface area contributed by atoms with E-state index in [4.69, 9.17) is 17.3 Å². The Morgan fingerprint density at radius 2 is 1.86 bits per heavy atom. The second kappa shape index (κ2) is 5.64. The van der Waals surface area contributed by atoms with Crippen molar-refractivity contribution >= 4 is 38.2 Å². The van der Waals surface area contributed by atoms with Gasteiger partial charge in [-0.2, -0.15) is 0 Å². The third-order valence-corrected chi connectivity index (χ3v) is 5.07. The molecule has 0 aliphatic heterocycles. The maximum Gasteiger partial charge on any atom is 0.261 e. The van der Waals surface area contributed by atoms with Crippen molar-refractivity contribution in [3.63, 3.8) is 0 Å². The minimum atomic E-state index is -3.67. The molecule has 1 heterocycles. The Morgan fingerprint density at radius 3 is 2.55 bits per heavy atom. The van der Waals surface area contributed by atoms with Crippen LogP contribution >= 0.6 is 11.6 Å². The Kier molecular flexibility index (Phi) is 3.82. The van der Waals surface area contributed by atoms with Gasteiger partial charge in [0.05, 0.1) is 21.1 Å². The number of nitrogens with two attached hydrogens (primary N) is 1. The van der Waals surface area contributed by atoms with Crippen LogP contribution in [0, 0.1) is 0 Å². The van der Waals surface area contributed by atoms with Crippen LogP contribution in [0.2, 0.25) is 5.02 Å². The van der Waals surface area contributed by atoms with Crippen LogP contribution in [0.5, 0.6) is 0 Å². The number of halogens is 1. The number of para-hydroxylation sites is 1. The zero-order valence-electron chi connectivity index (χ0n) is 11.5. The van der Waals surface area contributed by atoms with Crippen molar-refractivity contribution in [1.29, 1.82) is 0 Å². The van der Waals surface area contributed by atoms with Crippen LogP contribution in [0.3, 0.4) is 0 Å². The summed E-state index contributed by atoms with van der Waals surface area (Å²) in [5.74, 6) is 0. The molecule has 5 nitrogen and oxygen atoms in total. The molecular formula is C15H14ClN3O2S. The molecule has 0 aliphatic rings. The van der Waals surface area contributed by atoms with Gasteiger partial charge in [-0.1, -0.05) is 35.9 Å². The number of fused-ring (bicyclic) bond motifs is 1. The minimum Gasteiger partial charge on any atom is -0.358 e. The highest BCUT2D eigenvalue weighted by Crippen LogP contribution is 2.29. The van der Waals surface area contributed by atoms with Gasteiger partial charge in [-0.3, -0.25) is 4.72 Å². The molecule has 7 heteroatoms. The Labute approximate surface area is 133 Å². The van der Waals surface area contributed by atoms with Gasteiger partial charge in [0.1, 0.15) is 0 Å². The summed E-state index contributed by atoms with van der Waals surface area (Å²) < 4.78 is 27.5. The number of benzene rings is 2. The molecule has 4 N–H and O–H groups in total. The minimum absolute atomic E-state index is 0.180. The molecule has 0 radical (unpaired) electrons. The number of anilines is 1. The van der Waals surface area contributed by atoms with Gasteiger partial charge in [0, 0.05) is 18.1 Å². The van der Waals surface area contributed by atoms with E-state index in [0.717, 1.165) is 10.9 Å². The summed E-state index contributed by atoms with van der Waals surface area (Å²) in [4.78, 5) is 3.15. The average molecular weight is 336 g/mol. The molecule has 0 saturated heterocycles. The summed E-state index contributed by atoms with van der Waals surface area (Å²) in [6.07, 6.45) is 1.63. The van der Waals surface area contributed by atoms with E-state index in [0.29, 0.717) is 22.8 Å². The molecule has 0 amide bonds. The summed E-state index contributed by atoms with van der Waals surface area (Å²) in [5, 5.41) is 1.31. The van der Waals surface area contributed by atoms with Crippen LogP contribution < -0.4 is 10.5 Å². The number of nitrogens with one attached hydrogen (secondary N) is 2. The molecule has 114 valence electrons. The van der Waals surface area contributed by atoms with Gasteiger partial charge in [-0.25, -0.2) is 8.42 Å². The quantitative estimate of drug-likeness (QED) is 0.684. The lowest BCUT2D eigenvalue weighted by atomic mass is 10.2. The van der Waals surface area contributed by atoms with Crippen molar-refractivity contribution in [2.24, 2.45) is 5.73 Å². The molecule has 1 aromatic heterocycles. The first-order valence-corrected chi connectivity index (χ1v) is 8.45. The topological polar surface area (TPSA) is 88.0 Å². The molecule has 22 heavy (non-hydrogen) atoms. The van der Waals surface area contributed by atoms with Crippen LogP contribution in [0.1, 0.15) is 5.56 Å². The molecule has 0 unspecified atom stereocenters. The molecular weight excluding hydrogens is 322 g/mol. The third kappa shape index (κ3) is 2.68. The van der Waals surface area contributed by atoms with Gasteiger partial charge in [0.15, 0.2) is 0 Å². The van der Waals surface area contributed by atoms with Crippen LogP contribution in [-0.4, -0.2) is 13.4 Å². The SMILES string of the molecule is NCc1ccc(S(=O)(=O)Nc2cccc3c(Cl)c[nH]c23)cc1. The fraction of sp³-hybridized carbons (Fsp3) is 0.0667. The summed E-state index contributed by atoms with van der Waals surface area (Å²) >= 11 is 6.05. The highest BCUT2D eigenvalue weighted by molar-refractivity contribution is 7.92. The lowest BCUT2D eigenvalue weighted by molar-refractivity contribution is 0.601. The van der Waals surface area contributed by atoms with Gasteiger partial charge in [-0.05, 0) is 23.8 Å². The third-order valence-electron chi connectivity index (χ3n) is 3.38. The molecule has 3 rings (SSSR count). The molecule has 0 aliphatic carbocycles. The molecule has 0 spiro atoms. The van der Waals surface area contributed by atoms with E-state index in [2.05, 4.69) is 9.71 Å². The molecule has 0 saturated carbocycles. The van der Waals surface area contributed by atoms with E-state index < -0.39 is 10.0 Å². The van der Waals surface area contributed by atoms with E-state index in [1.807, 2.05) is 6.07 Å². The van der Waals surface area contributed by atoms with Crippen molar-refractivity contribution in [1.82, 2.24) is 4.98 Å². The highest BCUT2D eigenvalue weighted by atomic mass is 35.5. The van der Waals surface area contributed by atoms with Crippen LogP contribution in [0.4, 0.5) is 5.69 Å². The maximum atomic E-state index is 12.5. The van der Waals surface area contributed by atoms with Crippen molar-refractivity contribution in [2.45, 2.75) is 11.4 Å². The van der Waals surface area contributed by atoms with Crippen molar-refractivity contribution in [3.05, 3.63) is 59.2 Å². The summed E-state index contributed by atoms with van der Waals surface area (Å²) in [6, 6.07) is 11.7. The molecule has 3 aromatic rings. The first-order valence-electron chi connectivity index (χ1n) is 6.59. The lowest BCUT2D eigenvalue weighted by Gasteiger charge is -2.09. The van der Waals surface area contributed by atoms with Crippen LogP contribution in [-0.2, 0) is 16.6 Å². The second-order valence-corrected chi connectivity index (χ2v) is 6.91. The smallest absolute Gasteiger partial charge is 0.261 e. The highest BCUT2D eigenvalue weighted by Gasteiger charge is 2.16. The predicted octanol–water partition coefficient (Wildman–Crippen LogP) is 3.08. The Bertz CT molecular complexity index is 918. The molecule has 0 fully saturated rings. The van der Waals surface area contributed by atoms with Crippen molar-refractivity contribution in [3.8, 4) is 0 Å². The van der Waals surface area contributed by atoms with Gasteiger partial charge in [0.2, 0.25) is 0 Å². The van der Waals surface area contributed by atoms with Gasteiger partial charge in [-0.15, -0.1) is 0 Å². The monoisotopic (exact) mass is 335 g/mol. The van der Waals surface area contributed by atoms with Crippen LogP contribution in [0.25, 0.3) is 10.9 Å². The first kappa shape index (κ1) is 14.9. The Balaban J connectivity index is 1.99. The number of rotatable bonds is 4. The molecule has 2 aromatic carbocycles. The average Bonchev–Trinajstić information content (AvgIpc) is 2.90. The first-order chi connectivity index (χ1) is 10.5. The van der Waals surface area contributed by atoms with E-state index in [1.54, 1.807) is 30.5 Å². The van der Waals surface area contributed by atoms with Crippen molar-refractivity contribution < 1.29 is 8.42 Å². The van der Waals surface area contributed by atoms with Crippen LogP contribution in [0.15, 0.2) is 53.6 Å². The zero-order valence-corrected chi connectivity index (χ0v) is 13.1. The molecule has 0 atom stereocenters. The second-order valence-electron chi connectivity index (χ2n) is 4.82. The summed E-state index contributed by atoms with van der Waals surface area (Å²) in [6.45, 7) is 0.369. The number of aromatic amines is 1. The van der Waals surface area contributed by atoms with Gasteiger partial charge < -0.3 is 10.7 Å². The number of aromatic nitrogens is 1.